The summed E-state index contributed by atoms with van der Waals surface area (Å²) in [5.74, 6) is -0.121. The van der Waals surface area contributed by atoms with Gasteiger partial charge in [-0.2, -0.15) is 0 Å². The number of nitrogens with zero attached hydrogens (tertiary/aromatic N) is 1. The molecular formula is C18H24ClN3O4. The number of benzene rings is 1. The highest BCUT2D eigenvalue weighted by Crippen LogP contribution is 2.31. The standard InChI is InChI=1S/C18H24ClN3O4/c1-11(23)20-15-9-17(25-2)12(8-13(15)19)18(24)21-14-4-3-5-22-6-7-26-10-16(14)22/h8-9,14,16H,3-7,10H2,1-2H3,(H,20,23)(H,21,24)/t14-,16+/m1/s1. The van der Waals surface area contributed by atoms with Gasteiger partial charge < -0.3 is 20.1 Å². The van der Waals surface area contributed by atoms with E-state index in [2.05, 4.69) is 15.5 Å². The first-order chi connectivity index (χ1) is 12.5. The maximum Gasteiger partial charge on any atom is 0.255 e. The second-order valence-corrected chi connectivity index (χ2v) is 7.02. The number of morpholine rings is 1. The van der Waals surface area contributed by atoms with Crippen LogP contribution in [-0.4, -0.2) is 62.2 Å². The Labute approximate surface area is 158 Å². The van der Waals surface area contributed by atoms with E-state index < -0.39 is 0 Å². The molecule has 3 rings (SSSR count). The first-order valence-corrected chi connectivity index (χ1v) is 9.15. The molecule has 0 aliphatic carbocycles. The molecule has 0 bridgehead atoms. The predicted molar refractivity (Wildman–Crippen MR) is 99.0 cm³/mol. The summed E-state index contributed by atoms with van der Waals surface area (Å²) in [7, 11) is 1.48. The van der Waals surface area contributed by atoms with Crippen molar-refractivity contribution in [1.29, 1.82) is 0 Å². The molecule has 0 spiro atoms. The molecule has 2 saturated heterocycles. The minimum Gasteiger partial charge on any atom is -0.496 e. The second-order valence-electron chi connectivity index (χ2n) is 6.61. The highest BCUT2D eigenvalue weighted by atomic mass is 35.5. The summed E-state index contributed by atoms with van der Waals surface area (Å²) in [5.41, 5.74) is 0.762. The van der Waals surface area contributed by atoms with Crippen LogP contribution in [0.1, 0.15) is 30.1 Å². The van der Waals surface area contributed by atoms with Gasteiger partial charge in [-0.15, -0.1) is 0 Å². The van der Waals surface area contributed by atoms with Crippen LogP contribution in [-0.2, 0) is 9.53 Å². The zero-order valence-electron chi connectivity index (χ0n) is 15.0. The van der Waals surface area contributed by atoms with Gasteiger partial charge in [-0.3, -0.25) is 14.5 Å². The molecule has 26 heavy (non-hydrogen) atoms. The number of methoxy groups -OCH3 is 1. The number of halogens is 1. The van der Waals surface area contributed by atoms with E-state index in [1.807, 2.05) is 0 Å². The lowest BCUT2D eigenvalue weighted by Gasteiger charge is -2.44. The van der Waals surface area contributed by atoms with Crippen molar-refractivity contribution in [2.75, 3.05) is 38.7 Å². The number of piperidine rings is 1. The summed E-state index contributed by atoms with van der Waals surface area (Å²) in [6.45, 7) is 4.71. The van der Waals surface area contributed by atoms with Crippen LogP contribution in [0.5, 0.6) is 5.75 Å². The Morgan fingerprint density at radius 3 is 2.88 bits per heavy atom. The van der Waals surface area contributed by atoms with Gasteiger partial charge >= 0.3 is 0 Å². The third-order valence-corrected chi connectivity index (χ3v) is 5.18. The number of carbonyl (C=O) groups is 2. The Hall–Kier alpha value is -1.83. The molecule has 1 aromatic carbocycles. The van der Waals surface area contributed by atoms with Crippen LogP contribution in [0.2, 0.25) is 5.02 Å². The Bertz CT molecular complexity index is 695. The van der Waals surface area contributed by atoms with Crippen molar-refractivity contribution in [3.8, 4) is 5.75 Å². The van der Waals surface area contributed by atoms with E-state index in [1.54, 1.807) is 6.07 Å². The van der Waals surface area contributed by atoms with E-state index in [1.165, 1.54) is 20.1 Å². The predicted octanol–water partition coefficient (Wildman–Crippen LogP) is 1.90. The van der Waals surface area contributed by atoms with Crippen LogP contribution in [0.4, 0.5) is 5.69 Å². The van der Waals surface area contributed by atoms with Crippen molar-refractivity contribution in [3.05, 3.63) is 22.7 Å². The number of nitrogens with one attached hydrogen (secondary N) is 2. The van der Waals surface area contributed by atoms with Crippen molar-refractivity contribution in [3.63, 3.8) is 0 Å². The third-order valence-electron chi connectivity index (χ3n) is 4.87. The topological polar surface area (TPSA) is 79.9 Å². The van der Waals surface area contributed by atoms with E-state index in [9.17, 15) is 9.59 Å². The number of carbonyl (C=O) groups excluding carboxylic acids is 2. The van der Waals surface area contributed by atoms with Gasteiger partial charge in [0.25, 0.3) is 5.91 Å². The molecular weight excluding hydrogens is 358 g/mol. The Kier molecular flexibility index (Phi) is 6.01. The number of hydrogen-bond acceptors (Lipinski definition) is 5. The number of rotatable bonds is 4. The highest BCUT2D eigenvalue weighted by Gasteiger charge is 2.35. The fourth-order valence-electron chi connectivity index (χ4n) is 3.61. The summed E-state index contributed by atoms with van der Waals surface area (Å²) >= 11 is 6.22. The van der Waals surface area contributed by atoms with Crippen molar-refractivity contribution in [2.24, 2.45) is 0 Å². The average molecular weight is 382 g/mol. The molecule has 2 N–H and O–H groups in total. The quantitative estimate of drug-likeness (QED) is 0.832. The molecule has 2 aliphatic rings. The molecule has 8 heteroatoms. The van der Waals surface area contributed by atoms with Gasteiger partial charge in [0.15, 0.2) is 0 Å². The molecule has 0 saturated carbocycles. The zero-order chi connectivity index (χ0) is 18.7. The minimum atomic E-state index is -0.245. The van der Waals surface area contributed by atoms with Gasteiger partial charge in [-0.1, -0.05) is 11.6 Å². The van der Waals surface area contributed by atoms with Crippen LogP contribution in [0.15, 0.2) is 12.1 Å². The maximum atomic E-state index is 12.9. The smallest absolute Gasteiger partial charge is 0.255 e. The van der Waals surface area contributed by atoms with Crippen LogP contribution in [0, 0.1) is 0 Å². The van der Waals surface area contributed by atoms with Crippen molar-refractivity contribution in [2.45, 2.75) is 31.8 Å². The van der Waals surface area contributed by atoms with E-state index in [0.29, 0.717) is 23.6 Å². The Morgan fingerprint density at radius 1 is 1.35 bits per heavy atom. The first kappa shape index (κ1) is 18.9. The summed E-state index contributed by atoms with van der Waals surface area (Å²) in [4.78, 5) is 26.5. The molecule has 0 unspecified atom stereocenters. The van der Waals surface area contributed by atoms with Crippen LogP contribution < -0.4 is 15.4 Å². The maximum absolute atomic E-state index is 12.9. The fraction of sp³-hybridized carbons (Fsp3) is 0.556. The second kappa shape index (κ2) is 8.24. The van der Waals surface area contributed by atoms with Crippen LogP contribution in [0.25, 0.3) is 0 Å². The molecule has 142 valence electrons. The minimum absolute atomic E-state index is 0.0232. The van der Waals surface area contributed by atoms with E-state index in [0.717, 1.165) is 32.5 Å². The number of hydrogen-bond donors (Lipinski definition) is 2. The summed E-state index contributed by atoms with van der Waals surface area (Å²) < 4.78 is 10.9. The van der Waals surface area contributed by atoms with Crippen LogP contribution in [0.3, 0.4) is 0 Å². The molecule has 0 aromatic heterocycles. The van der Waals surface area contributed by atoms with E-state index >= 15 is 0 Å². The molecule has 2 aliphatic heterocycles. The lowest BCUT2D eigenvalue weighted by Crippen LogP contribution is -2.60. The van der Waals surface area contributed by atoms with Gasteiger partial charge in [0.05, 0.1) is 42.6 Å². The lowest BCUT2D eigenvalue weighted by molar-refractivity contribution is -0.114. The third kappa shape index (κ3) is 4.11. The summed E-state index contributed by atoms with van der Waals surface area (Å²) in [6.07, 6.45) is 1.96. The number of ether oxygens (including phenoxy) is 2. The molecule has 1 aromatic rings. The van der Waals surface area contributed by atoms with Crippen molar-refractivity contribution < 1.29 is 19.1 Å². The number of amides is 2. The van der Waals surface area contributed by atoms with Crippen molar-refractivity contribution in [1.82, 2.24) is 10.2 Å². The largest absolute Gasteiger partial charge is 0.496 e. The monoisotopic (exact) mass is 381 g/mol. The summed E-state index contributed by atoms with van der Waals surface area (Å²) in [5, 5.41) is 6.03. The summed E-state index contributed by atoms with van der Waals surface area (Å²) in [6, 6.07) is 3.31. The fourth-order valence-corrected chi connectivity index (χ4v) is 3.82. The van der Waals surface area contributed by atoms with Gasteiger partial charge in [0, 0.05) is 25.6 Å². The molecule has 2 fully saturated rings. The van der Waals surface area contributed by atoms with Gasteiger partial charge in [-0.05, 0) is 25.5 Å². The number of anilines is 1. The Balaban J connectivity index is 1.78. The van der Waals surface area contributed by atoms with Gasteiger partial charge in [-0.25, -0.2) is 0 Å². The zero-order valence-corrected chi connectivity index (χ0v) is 15.8. The van der Waals surface area contributed by atoms with Gasteiger partial charge in [0.1, 0.15) is 5.75 Å². The highest BCUT2D eigenvalue weighted by molar-refractivity contribution is 6.34. The lowest BCUT2D eigenvalue weighted by atomic mass is 9.95. The SMILES string of the molecule is COc1cc(NC(C)=O)c(Cl)cc1C(=O)N[C@@H]1CCCN2CCOC[C@@H]12. The van der Waals surface area contributed by atoms with Crippen LogP contribution >= 0.6 is 11.6 Å². The van der Waals surface area contributed by atoms with Gasteiger partial charge in [0.2, 0.25) is 5.91 Å². The molecule has 2 heterocycles. The first-order valence-electron chi connectivity index (χ1n) is 8.77. The van der Waals surface area contributed by atoms with E-state index in [4.69, 9.17) is 21.1 Å². The molecule has 2 amide bonds. The molecule has 7 nitrogen and oxygen atoms in total. The van der Waals surface area contributed by atoms with E-state index in [-0.39, 0.29) is 28.9 Å². The normalized spacial score (nSPS) is 23.0. The van der Waals surface area contributed by atoms with Crippen molar-refractivity contribution >= 4 is 29.1 Å². The molecule has 2 atom stereocenters. The Morgan fingerprint density at radius 2 is 2.15 bits per heavy atom. The average Bonchev–Trinajstić information content (AvgIpc) is 2.63. The number of fused-ring (bicyclic) bond motifs is 1. The molecule has 0 radical (unpaired) electrons.